The van der Waals surface area contributed by atoms with E-state index in [4.69, 9.17) is 4.74 Å². The second-order valence-corrected chi connectivity index (χ2v) is 5.43. The Kier molecular flexibility index (Phi) is 8.14. The summed E-state index contributed by atoms with van der Waals surface area (Å²) in [5.41, 5.74) is 0. The van der Waals surface area contributed by atoms with Gasteiger partial charge in [0.25, 0.3) is 0 Å². The summed E-state index contributed by atoms with van der Waals surface area (Å²) in [6.45, 7) is 10.7. The average Bonchev–Trinajstić information content (AvgIpc) is 1.95. The summed E-state index contributed by atoms with van der Waals surface area (Å²) in [7, 11) is 0. The summed E-state index contributed by atoms with van der Waals surface area (Å²) >= 11 is 2.01. The van der Waals surface area contributed by atoms with Crippen LogP contribution in [-0.4, -0.2) is 24.2 Å². The Morgan fingerprint density at radius 1 is 1.17 bits per heavy atom. The Morgan fingerprint density at radius 2 is 1.83 bits per heavy atom. The quantitative estimate of drug-likeness (QED) is 0.570. The highest BCUT2D eigenvalue weighted by molar-refractivity contribution is 7.99. The molecule has 0 N–H and O–H groups in total. The SMILES string of the molecule is CC(C)COCCCSC(C)C. The number of thioether (sulfide) groups is 1. The molecule has 0 aliphatic carbocycles. The van der Waals surface area contributed by atoms with E-state index in [1.54, 1.807) is 0 Å². The predicted molar refractivity (Wildman–Crippen MR) is 57.9 cm³/mol. The van der Waals surface area contributed by atoms with Gasteiger partial charge in [0, 0.05) is 13.2 Å². The molecule has 0 saturated carbocycles. The molecule has 0 aliphatic rings. The summed E-state index contributed by atoms with van der Waals surface area (Å²) in [5.74, 6) is 1.90. The third-order valence-corrected chi connectivity index (χ3v) is 2.53. The fourth-order valence-electron chi connectivity index (χ4n) is 0.799. The van der Waals surface area contributed by atoms with E-state index in [0.29, 0.717) is 5.92 Å². The van der Waals surface area contributed by atoms with E-state index in [-0.39, 0.29) is 0 Å². The molecular formula is C10H22OS. The molecule has 0 spiro atoms. The molecule has 1 nitrogen and oxygen atoms in total. The van der Waals surface area contributed by atoms with Gasteiger partial charge >= 0.3 is 0 Å². The molecule has 2 heteroatoms. The van der Waals surface area contributed by atoms with E-state index >= 15 is 0 Å². The van der Waals surface area contributed by atoms with Gasteiger partial charge in [0.1, 0.15) is 0 Å². The van der Waals surface area contributed by atoms with Crippen molar-refractivity contribution in [2.45, 2.75) is 39.4 Å². The summed E-state index contributed by atoms with van der Waals surface area (Å²) < 4.78 is 5.46. The number of hydrogen-bond donors (Lipinski definition) is 0. The lowest BCUT2D eigenvalue weighted by Gasteiger charge is -2.07. The minimum absolute atomic E-state index is 0.669. The van der Waals surface area contributed by atoms with Crippen LogP contribution >= 0.6 is 11.8 Å². The van der Waals surface area contributed by atoms with Gasteiger partial charge in [0.15, 0.2) is 0 Å². The van der Waals surface area contributed by atoms with E-state index in [0.717, 1.165) is 18.5 Å². The van der Waals surface area contributed by atoms with Crippen LogP contribution in [0, 0.1) is 5.92 Å². The number of hydrogen-bond acceptors (Lipinski definition) is 2. The zero-order valence-electron chi connectivity index (χ0n) is 8.80. The minimum atomic E-state index is 0.669. The van der Waals surface area contributed by atoms with Gasteiger partial charge in [-0.25, -0.2) is 0 Å². The first-order chi connectivity index (χ1) is 5.63. The largest absolute Gasteiger partial charge is 0.381 e. The van der Waals surface area contributed by atoms with E-state index in [2.05, 4.69) is 27.7 Å². The molecule has 0 aliphatic heterocycles. The monoisotopic (exact) mass is 190 g/mol. The van der Waals surface area contributed by atoms with Crippen LogP contribution < -0.4 is 0 Å². The van der Waals surface area contributed by atoms with Crippen LogP contribution in [0.4, 0.5) is 0 Å². The van der Waals surface area contributed by atoms with E-state index in [1.165, 1.54) is 12.2 Å². The van der Waals surface area contributed by atoms with Gasteiger partial charge < -0.3 is 4.74 Å². The molecule has 0 atom stereocenters. The van der Waals surface area contributed by atoms with Crippen molar-refractivity contribution >= 4 is 11.8 Å². The van der Waals surface area contributed by atoms with Crippen LogP contribution in [0.15, 0.2) is 0 Å². The first kappa shape index (κ1) is 12.3. The van der Waals surface area contributed by atoms with E-state index in [1.807, 2.05) is 11.8 Å². The second-order valence-electron chi connectivity index (χ2n) is 3.74. The fraction of sp³-hybridized carbons (Fsp3) is 1.00. The van der Waals surface area contributed by atoms with Crippen molar-refractivity contribution in [3.8, 4) is 0 Å². The van der Waals surface area contributed by atoms with E-state index in [9.17, 15) is 0 Å². The highest BCUT2D eigenvalue weighted by atomic mass is 32.2. The van der Waals surface area contributed by atoms with Crippen LogP contribution in [0.3, 0.4) is 0 Å². The van der Waals surface area contributed by atoms with Gasteiger partial charge in [-0.15, -0.1) is 0 Å². The van der Waals surface area contributed by atoms with Gasteiger partial charge in [-0.3, -0.25) is 0 Å². The molecule has 74 valence electrons. The molecular weight excluding hydrogens is 168 g/mol. The maximum absolute atomic E-state index is 5.46. The lowest BCUT2D eigenvalue weighted by Crippen LogP contribution is -2.04. The van der Waals surface area contributed by atoms with Gasteiger partial charge in [-0.05, 0) is 23.3 Å². The van der Waals surface area contributed by atoms with Crippen LogP contribution in [0.1, 0.15) is 34.1 Å². The van der Waals surface area contributed by atoms with Gasteiger partial charge in [0.05, 0.1) is 0 Å². The molecule has 0 saturated heterocycles. The highest BCUT2D eigenvalue weighted by Gasteiger charge is 1.95. The van der Waals surface area contributed by atoms with Gasteiger partial charge in [-0.1, -0.05) is 27.7 Å². The van der Waals surface area contributed by atoms with Gasteiger partial charge in [-0.2, -0.15) is 11.8 Å². The summed E-state index contributed by atoms with van der Waals surface area (Å²) in [4.78, 5) is 0. The summed E-state index contributed by atoms with van der Waals surface area (Å²) in [5, 5.41) is 0.759. The Morgan fingerprint density at radius 3 is 2.33 bits per heavy atom. The molecule has 0 unspecified atom stereocenters. The number of rotatable bonds is 7. The highest BCUT2D eigenvalue weighted by Crippen LogP contribution is 2.09. The molecule has 0 fully saturated rings. The third kappa shape index (κ3) is 10.3. The van der Waals surface area contributed by atoms with Crippen molar-refractivity contribution in [1.82, 2.24) is 0 Å². The molecule has 0 heterocycles. The maximum Gasteiger partial charge on any atom is 0.0488 e. The smallest absolute Gasteiger partial charge is 0.0488 e. The molecule has 0 amide bonds. The van der Waals surface area contributed by atoms with Crippen LogP contribution in [-0.2, 0) is 4.74 Å². The Labute approximate surface area is 81.3 Å². The number of ether oxygens (including phenoxy) is 1. The first-order valence-corrected chi connectivity index (χ1v) is 5.87. The molecule has 12 heavy (non-hydrogen) atoms. The summed E-state index contributed by atoms with van der Waals surface area (Å²) in [6.07, 6.45) is 1.19. The fourth-order valence-corrected chi connectivity index (χ4v) is 1.55. The van der Waals surface area contributed by atoms with Crippen molar-refractivity contribution in [3.63, 3.8) is 0 Å². The lowest BCUT2D eigenvalue weighted by molar-refractivity contribution is 0.111. The minimum Gasteiger partial charge on any atom is -0.381 e. The predicted octanol–water partition coefficient (Wildman–Crippen LogP) is 3.19. The van der Waals surface area contributed by atoms with Crippen molar-refractivity contribution < 1.29 is 4.74 Å². The second kappa shape index (κ2) is 7.93. The van der Waals surface area contributed by atoms with Gasteiger partial charge in [0.2, 0.25) is 0 Å². The Balaban J connectivity index is 2.91. The molecule has 0 aromatic carbocycles. The Hall–Kier alpha value is 0.310. The molecule has 0 rings (SSSR count). The normalized spacial score (nSPS) is 11.5. The standard InChI is InChI=1S/C10H22OS/c1-9(2)8-11-6-5-7-12-10(3)4/h9-10H,5-8H2,1-4H3. The molecule has 0 bridgehead atoms. The average molecular weight is 190 g/mol. The Bertz CT molecular complexity index is 79.8. The summed E-state index contributed by atoms with van der Waals surface area (Å²) in [6, 6.07) is 0. The molecule has 0 aromatic heterocycles. The van der Waals surface area contributed by atoms with Crippen molar-refractivity contribution in [2.75, 3.05) is 19.0 Å². The topological polar surface area (TPSA) is 9.23 Å². The van der Waals surface area contributed by atoms with Crippen molar-refractivity contribution in [1.29, 1.82) is 0 Å². The third-order valence-electron chi connectivity index (χ3n) is 1.34. The first-order valence-electron chi connectivity index (χ1n) is 4.82. The van der Waals surface area contributed by atoms with Crippen molar-refractivity contribution in [2.24, 2.45) is 5.92 Å². The maximum atomic E-state index is 5.46. The van der Waals surface area contributed by atoms with Crippen LogP contribution in [0.5, 0.6) is 0 Å². The van der Waals surface area contributed by atoms with Crippen LogP contribution in [0.2, 0.25) is 0 Å². The lowest BCUT2D eigenvalue weighted by atomic mass is 10.2. The zero-order valence-corrected chi connectivity index (χ0v) is 9.62. The van der Waals surface area contributed by atoms with Crippen molar-refractivity contribution in [3.05, 3.63) is 0 Å². The zero-order chi connectivity index (χ0) is 9.40. The molecule has 0 radical (unpaired) electrons. The van der Waals surface area contributed by atoms with E-state index < -0.39 is 0 Å². The van der Waals surface area contributed by atoms with Crippen LogP contribution in [0.25, 0.3) is 0 Å². The molecule has 0 aromatic rings.